The van der Waals surface area contributed by atoms with Crippen molar-refractivity contribution in [2.24, 2.45) is 5.73 Å². The lowest BCUT2D eigenvalue weighted by Gasteiger charge is -2.23. The summed E-state index contributed by atoms with van der Waals surface area (Å²) in [6.07, 6.45) is 0.713. The fourth-order valence-corrected chi connectivity index (χ4v) is 4.10. The van der Waals surface area contributed by atoms with Crippen molar-refractivity contribution >= 4 is 21.3 Å². The monoisotopic (exact) mass is 493 g/mol. The Labute approximate surface area is 215 Å². The maximum atomic E-state index is 13.5. The van der Waals surface area contributed by atoms with Crippen LogP contribution in [0.3, 0.4) is 0 Å². The van der Waals surface area contributed by atoms with Crippen LogP contribution in [0, 0.1) is 0 Å². The van der Waals surface area contributed by atoms with Gasteiger partial charge in [-0.25, -0.2) is 0 Å². The lowest BCUT2D eigenvalue weighted by Crippen LogP contribution is -2.33. The molecule has 0 saturated heterocycles. The fourth-order valence-electron chi connectivity index (χ4n) is 3.79. The molecule has 4 rings (SSSR count). The van der Waals surface area contributed by atoms with Gasteiger partial charge in [-0.15, -0.1) is 0 Å². The molecular formula is C30H29N2O3Si. The molecule has 181 valence electrons. The van der Waals surface area contributed by atoms with Crippen LogP contribution in [0.25, 0.3) is 0 Å². The number of benzene rings is 4. The zero-order valence-electron chi connectivity index (χ0n) is 20.1. The highest BCUT2D eigenvalue weighted by atomic mass is 28.1. The highest BCUT2D eigenvalue weighted by Crippen LogP contribution is 2.23. The van der Waals surface area contributed by atoms with Crippen molar-refractivity contribution < 1.29 is 14.3 Å². The number of nitrogens with two attached hydrogens (primary N) is 1. The summed E-state index contributed by atoms with van der Waals surface area (Å²) in [4.78, 5) is 15.3. The van der Waals surface area contributed by atoms with E-state index in [-0.39, 0.29) is 5.91 Å². The van der Waals surface area contributed by atoms with Crippen LogP contribution in [0.15, 0.2) is 103 Å². The van der Waals surface area contributed by atoms with Crippen LogP contribution in [0.2, 0.25) is 0 Å². The van der Waals surface area contributed by atoms with Crippen LogP contribution in [0.1, 0.15) is 27.9 Å². The number of amides is 1. The summed E-state index contributed by atoms with van der Waals surface area (Å²) >= 11 is 0. The number of para-hydroxylation sites is 1. The lowest BCUT2D eigenvalue weighted by atomic mass is 10.1. The largest absolute Gasteiger partial charge is 0.489 e. The van der Waals surface area contributed by atoms with Gasteiger partial charge in [0.1, 0.15) is 23.9 Å². The lowest BCUT2D eigenvalue weighted by molar-refractivity contribution is 0.0742. The van der Waals surface area contributed by atoms with Gasteiger partial charge < -0.3 is 20.1 Å². The van der Waals surface area contributed by atoms with Crippen LogP contribution < -0.4 is 20.4 Å². The van der Waals surface area contributed by atoms with E-state index in [4.69, 9.17) is 15.2 Å². The molecule has 0 aromatic heterocycles. The Balaban J connectivity index is 1.46. The topological polar surface area (TPSA) is 64.8 Å². The summed E-state index contributed by atoms with van der Waals surface area (Å²) in [5.41, 5.74) is 8.41. The molecule has 0 fully saturated rings. The first-order valence-corrected chi connectivity index (χ1v) is 12.5. The Hall–Kier alpha value is -3.87. The summed E-state index contributed by atoms with van der Waals surface area (Å²) in [5, 5.41) is 0.730. The van der Waals surface area contributed by atoms with Gasteiger partial charge in [0.05, 0.1) is 10.2 Å². The van der Waals surface area contributed by atoms with E-state index in [0.29, 0.717) is 44.0 Å². The Morgan fingerprint density at radius 2 is 1.50 bits per heavy atom. The van der Waals surface area contributed by atoms with Gasteiger partial charge in [-0.3, -0.25) is 4.79 Å². The molecule has 36 heavy (non-hydrogen) atoms. The van der Waals surface area contributed by atoms with Gasteiger partial charge in [0.15, 0.2) is 0 Å². The number of ether oxygens (including phenoxy) is 2. The standard InChI is InChI=1S/C30H29N2O3Si/c31-17-8-18-32(21-24-11-7-14-27(19-24)35-26-12-5-2-6-13-26)30(33)25-15-16-28(29(36)20-25)34-22-23-9-3-1-4-10-23/h1-7,9-16,19-20H,8,17-18,21-22,31H2. The molecule has 0 aliphatic rings. The summed E-state index contributed by atoms with van der Waals surface area (Å²) in [5.74, 6) is 2.12. The minimum absolute atomic E-state index is 0.0630. The van der Waals surface area contributed by atoms with E-state index in [1.54, 1.807) is 6.07 Å². The van der Waals surface area contributed by atoms with E-state index >= 15 is 0 Å². The molecule has 0 aliphatic carbocycles. The Kier molecular flexibility index (Phi) is 8.91. The van der Waals surface area contributed by atoms with Crippen molar-refractivity contribution in [2.45, 2.75) is 19.6 Å². The van der Waals surface area contributed by atoms with E-state index in [2.05, 4.69) is 10.2 Å². The Bertz CT molecular complexity index is 1270. The number of carbonyl (C=O) groups excluding carboxylic acids is 1. The van der Waals surface area contributed by atoms with Crippen LogP contribution >= 0.6 is 0 Å². The molecular weight excluding hydrogens is 464 g/mol. The number of hydrogen-bond acceptors (Lipinski definition) is 4. The molecule has 4 aromatic carbocycles. The molecule has 2 N–H and O–H groups in total. The smallest absolute Gasteiger partial charge is 0.254 e. The quantitative estimate of drug-likeness (QED) is 0.304. The molecule has 6 heteroatoms. The van der Waals surface area contributed by atoms with Gasteiger partial charge >= 0.3 is 0 Å². The van der Waals surface area contributed by atoms with Crippen molar-refractivity contribution in [2.75, 3.05) is 13.1 Å². The molecule has 0 atom stereocenters. The SMILES string of the molecule is NCCCN(Cc1cccc(Oc2ccccc2)c1)C(=O)c1ccc(OCc2ccccc2)c([Si])c1. The van der Waals surface area contributed by atoms with E-state index in [0.717, 1.165) is 27.8 Å². The first kappa shape index (κ1) is 25.2. The number of hydrogen-bond donors (Lipinski definition) is 1. The molecule has 0 heterocycles. The van der Waals surface area contributed by atoms with Crippen LogP contribution in [-0.2, 0) is 13.2 Å². The van der Waals surface area contributed by atoms with E-state index in [1.807, 2.05) is 102 Å². The average molecular weight is 494 g/mol. The third kappa shape index (κ3) is 7.07. The van der Waals surface area contributed by atoms with E-state index in [9.17, 15) is 4.79 Å². The van der Waals surface area contributed by atoms with Gasteiger partial charge in [-0.2, -0.15) is 0 Å². The van der Waals surface area contributed by atoms with Crippen molar-refractivity contribution in [3.05, 3.63) is 120 Å². The second kappa shape index (κ2) is 12.7. The first-order valence-electron chi connectivity index (χ1n) is 12.0. The minimum atomic E-state index is -0.0630. The van der Waals surface area contributed by atoms with Crippen molar-refractivity contribution in [1.29, 1.82) is 0 Å². The molecule has 0 bridgehead atoms. The minimum Gasteiger partial charge on any atom is -0.489 e. The zero-order chi connectivity index (χ0) is 25.2. The van der Waals surface area contributed by atoms with Crippen molar-refractivity contribution in [1.82, 2.24) is 4.90 Å². The molecule has 5 nitrogen and oxygen atoms in total. The zero-order valence-corrected chi connectivity index (χ0v) is 21.1. The highest BCUT2D eigenvalue weighted by molar-refractivity contribution is 6.34. The number of carbonyl (C=O) groups is 1. The molecule has 0 aliphatic heterocycles. The van der Waals surface area contributed by atoms with Gasteiger partial charge in [-0.1, -0.05) is 60.7 Å². The van der Waals surface area contributed by atoms with Gasteiger partial charge in [0.25, 0.3) is 5.91 Å². The van der Waals surface area contributed by atoms with E-state index < -0.39 is 0 Å². The highest BCUT2D eigenvalue weighted by Gasteiger charge is 2.17. The van der Waals surface area contributed by atoms with E-state index in [1.165, 1.54) is 0 Å². The summed E-state index contributed by atoms with van der Waals surface area (Å²) in [6.45, 7) is 1.97. The summed E-state index contributed by atoms with van der Waals surface area (Å²) in [7, 11) is 3.63. The molecule has 3 radical (unpaired) electrons. The maximum absolute atomic E-state index is 13.5. The first-order chi connectivity index (χ1) is 17.6. The summed E-state index contributed by atoms with van der Waals surface area (Å²) in [6, 6.07) is 32.9. The molecule has 0 saturated carbocycles. The number of nitrogens with zero attached hydrogens (tertiary/aromatic N) is 1. The average Bonchev–Trinajstić information content (AvgIpc) is 2.91. The number of rotatable bonds is 11. The van der Waals surface area contributed by atoms with Crippen LogP contribution in [0.4, 0.5) is 0 Å². The fraction of sp³-hybridized carbons (Fsp3) is 0.167. The second-order valence-electron chi connectivity index (χ2n) is 8.42. The Morgan fingerprint density at radius 3 is 2.22 bits per heavy atom. The molecule has 0 unspecified atom stereocenters. The van der Waals surface area contributed by atoms with Gasteiger partial charge in [0, 0.05) is 18.7 Å². The maximum Gasteiger partial charge on any atom is 0.254 e. The van der Waals surface area contributed by atoms with Gasteiger partial charge in [-0.05, 0) is 71.7 Å². The predicted octanol–water partition coefficient (Wildman–Crippen LogP) is 4.84. The van der Waals surface area contributed by atoms with Gasteiger partial charge in [0.2, 0.25) is 0 Å². The third-order valence-corrected chi connectivity index (χ3v) is 6.02. The third-order valence-electron chi connectivity index (χ3n) is 5.63. The van der Waals surface area contributed by atoms with Crippen LogP contribution in [-0.4, -0.2) is 34.1 Å². The predicted molar refractivity (Wildman–Crippen MR) is 144 cm³/mol. The summed E-state index contributed by atoms with van der Waals surface area (Å²) < 4.78 is 11.9. The van der Waals surface area contributed by atoms with Crippen LogP contribution in [0.5, 0.6) is 17.2 Å². The second-order valence-corrected chi connectivity index (χ2v) is 8.96. The van der Waals surface area contributed by atoms with Crippen molar-refractivity contribution in [3.63, 3.8) is 0 Å². The molecule has 0 spiro atoms. The Morgan fingerprint density at radius 1 is 0.806 bits per heavy atom. The molecule has 1 amide bonds. The molecule has 4 aromatic rings. The normalized spacial score (nSPS) is 10.6. The van der Waals surface area contributed by atoms with Crippen molar-refractivity contribution in [3.8, 4) is 17.2 Å².